The van der Waals surface area contributed by atoms with Gasteiger partial charge >= 0.3 is 0 Å². The van der Waals surface area contributed by atoms with Crippen LogP contribution >= 0.6 is 15.9 Å². The van der Waals surface area contributed by atoms with Crippen LogP contribution in [-0.2, 0) is 6.61 Å². The Bertz CT molecular complexity index is 564. The smallest absolute Gasteiger partial charge is 0.200 e. The maximum atomic E-state index is 13.5. The lowest BCUT2D eigenvalue weighted by Crippen LogP contribution is -2.01. The van der Waals surface area contributed by atoms with E-state index in [9.17, 15) is 8.78 Å². The normalized spacial score (nSPS) is 10.7. The van der Waals surface area contributed by atoms with E-state index in [1.165, 1.54) is 6.07 Å². The van der Waals surface area contributed by atoms with E-state index in [0.29, 0.717) is 15.9 Å². The summed E-state index contributed by atoms with van der Waals surface area (Å²) in [5, 5.41) is 3.75. The van der Waals surface area contributed by atoms with Crippen LogP contribution in [0.5, 0.6) is 5.75 Å². The molecule has 0 aliphatic carbocycles. The summed E-state index contributed by atoms with van der Waals surface area (Å²) in [6, 6.07) is 2.41. The Hall–Kier alpha value is -1.43. The van der Waals surface area contributed by atoms with Crippen LogP contribution in [0.25, 0.3) is 0 Å². The minimum Gasteiger partial charge on any atom is -0.485 e. The summed E-state index contributed by atoms with van der Waals surface area (Å²) < 4.78 is 37.2. The van der Waals surface area contributed by atoms with Crippen molar-refractivity contribution >= 4 is 15.9 Å². The predicted molar refractivity (Wildman–Crippen MR) is 64.4 cm³/mol. The van der Waals surface area contributed by atoms with Crippen LogP contribution in [-0.4, -0.2) is 5.16 Å². The van der Waals surface area contributed by atoms with Gasteiger partial charge in [0, 0.05) is 4.47 Å². The summed E-state index contributed by atoms with van der Waals surface area (Å²) in [6.07, 6.45) is 0. The largest absolute Gasteiger partial charge is 0.485 e. The average molecular weight is 318 g/mol. The molecule has 1 heterocycles. The molecule has 1 aromatic heterocycles. The Morgan fingerprint density at radius 2 is 2.06 bits per heavy atom. The van der Waals surface area contributed by atoms with Gasteiger partial charge < -0.3 is 9.26 Å². The molecule has 0 spiro atoms. The second-order valence-corrected chi connectivity index (χ2v) is 4.71. The van der Waals surface area contributed by atoms with E-state index in [2.05, 4.69) is 21.1 Å². The lowest BCUT2D eigenvalue weighted by atomic mass is 10.2. The number of nitrogens with zero attached hydrogens (tertiary/aromatic N) is 1. The van der Waals surface area contributed by atoms with Gasteiger partial charge in [-0.2, -0.15) is 4.39 Å². The average Bonchev–Trinajstić information content (AvgIpc) is 2.62. The molecular weight excluding hydrogens is 308 g/mol. The van der Waals surface area contributed by atoms with Crippen molar-refractivity contribution in [3.8, 4) is 5.75 Å². The van der Waals surface area contributed by atoms with E-state index >= 15 is 0 Å². The SMILES string of the molecule is Cc1noc(C)c1COc1cc(Br)cc(F)c1F. The van der Waals surface area contributed by atoms with Gasteiger partial charge in [-0.15, -0.1) is 0 Å². The molecular formula is C12H10BrF2NO2. The molecule has 2 rings (SSSR count). The zero-order chi connectivity index (χ0) is 13.3. The fourth-order valence-corrected chi connectivity index (χ4v) is 1.90. The Kier molecular flexibility index (Phi) is 3.65. The first kappa shape index (κ1) is 13.0. The fourth-order valence-electron chi connectivity index (χ4n) is 1.50. The zero-order valence-electron chi connectivity index (χ0n) is 9.76. The first-order valence-corrected chi connectivity index (χ1v) is 5.97. The number of hydrogen-bond donors (Lipinski definition) is 0. The lowest BCUT2D eigenvalue weighted by Gasteiger charge is -2.08. The van der Waals surface area contributed by atoms with Gasteiger partial charge in [0.2, 0.25) is 5.82 Å². The molecule has 0 aliphatic rings. The molecule has 0 amide bonds. The Labute approximate surface area is 111 Å². The Morgan fingerprint density at radius 3 is 2.67 bits per heavy atom. The van der Waals surface area contributed by atoms with E-state index in [1.807, 2.05) is 0 Å². The van der Waals surface area contributed by atoms with E-state index in [-0.39, 0.29) is 12.4 Å². The number of aryl methyl sites for hydroxylation is 2. The number of rotatable bonds is 3. The summed E-state index contributed by atoms with van der Waals surface area (Å²) >= 11 is 3.08. The number of hydrogen-bond acceptors (Lipinski definition) is 3. The van der Waals surface area contributed by atoms with Crippen LogP contribution in [0, 0.1) is 25.5 Å². The standard InChI is InChI=1S/C12H10BrF2NO2/c1-6-9(7(2)18-16-6)5-17-11-4-8(13)3-10(14)12(11)15/h3-4H,5H2,1-2H3. The third kappa shape index (κ3) is 2.53. The highest BCUT2D eigenvalue weighted by molar-refractivity contribution is 9.10. The molecule has 3 nitrogen and oxygen atoms in total. The summed E-state index contributed by atoms with van der Waals surface area (Å²) in [5.41, 5.74) is 1.40. The quantitative estimate of drug-likeness (QED) is 0.805. The first-order valence-electron chi connectivity index (χ1n) is 5.18. The fraction of sp³-hybridized carbons (Fsp3) is 0.250. The molecule has 0 N–H and O–H groups in total. The molecule has 96 valence electrons. The molecule has 6 heteroatoms. The van der Waals surface area contributed by atoms with Crippen molar-refractivity contribution in [1.29, 1.82) is 0 Å². The number of benzene rings is 1. The number of aromatic nitrogens is 1. The topological polar surface area (TPSA) is 35.3 Å². The highest BCUT2D eigenvalue weighted by Gasteiger charge is 2.14. The van der Waals surface area contributed by atoms with Crippen molar-refractivity contribution in [2.75, 3.05) is 0 Å². The van der Waals surface area contributed by atoms with Gasteiger partial charge in [0.25, 0.3) is 0 Å². The number of ether oxygens (including phenoxy) is 1. The van der Waals surface area contributed by atoms with Gasteiger partial charge in [-0.05, 0) is 26.0 Å². The van der Waals surface area contributed by atoms with Gasteiger partial charge in [0.15, 0.2) is 11.6 Å². The van der Waals surface area contributed by atoms with Crippen LogP contribution in [0.2, 0.25) is 0 Å². The van der Waals surface area contributed by atoms with Gasteiger partial charge in [-0.1, -0.05) is 21.1 Å². The van der Waals surface area contributed by atoms with Gasteiger partial charge in [0.1, 0.15) is 12.4 Å². The van der Waals surface area contributed by atoms with Crippen molar-refractivity contribution in [3.05, 3.63) is 45.3 Å². The maximum Gasteiger partial charge on any atom is 0.200 e. The van der Waals surface area contributed by atoms with E-state index < -0.39 is 11.6 Å². The first-order chi connectivity index (χ1) is 8.49. The number of halogens is 3. The molecule has 0 saturated carbocycles. The Balaban J connectivity index is 2.21. The predicted octanol–water partition coefficient (Wildman–Crippen LogP) is 3.91. The summed E-state index contributed by atoms with van der Waals surface area (Å²) in [7, 11) is 0. The van der Waals surface area contributed by atoms with Gasteiger partial charge in [0.05, 0.1) is 11.3 Å². The minimum atomic E-state index is -1.01. The lowest BCUT2D eigenvalue weighted by molar-refractivity contribution is 0.281. The third-order valence-electron chi connectivity index (χ3n) is 2.51. The monoisotopic (exact) mass is 317 g/mol. The van der Waals surface area contributed by atoms with Crippen molar-refractivity contribution in [2.45, 2.75) is 20.5 Å². The molecule has 0 aliphatic heterocycles. The van der Waals surface area contributed by atoms with Crippen LogP contribution in [0.3, 0.4) is 0 Å². The molecule has 0 radical (unpaired) electrons. The second kappa shape index (κ2) is 5.06. The molecule has 18 heavy (non-hydrogen) atoms. The maximum absolute atomic E-state index is 13.5. The third-order valence-corrected chi connectivity index (χ3v) is 2.97. The summed E-state index contributed by atoms with van der Waals surface area (Å²) in [4.78, 5) is 0. The van der Waals surface area contributed by atoms with Crippen LogP contribution in [0.4, 0.5) is 8.78 Å². The van der Waals surface area contributed by atoms with E-state index in [4.69, 9.17) is 9.26 Å². The molecule has 1 aromatic carbocycles. The highest BCUT2D eigenvalue weighted by Crippen LogP contribution is 2.26. The summed E-state index contributed by atoms with van der Waals surface area (Å²) in [6.45, 7) is 3.57. The molecule has 2 aromatic rings. The van der Waals surface area contributed by atoms with E-state index in [1.54, 1.807) is 13.8 Å². The van der Waals surface area contributed by atoms with Crippen LogP contribution in [0.15, 0.2) is 21.1 Å². The minimum absolute atomic E-state index is 0.0774. The molecule has 0 saturated heterocycles. The molecule has 0 atom stereocenters. The van der Waals surface area contributed by atoms with E-state index in [0.717, 1.165) is 11.6 Å². The molecule has 0 bridgehead atoms. The van der Waals surface area contributed by atoms with Crippen LogP contribution in [0.1, 0.15) is 17.0 Å². The van der Waals surface area contributed by atoms with Gasteiger partial charge in [-0.25, -0.2) is 4.39 Å². The van der Waals surface area contributed by atoms with Crippen LogP contribution < -0.4 is 4.74 Å². The summed E-state index contributed by atoms with van der Waals surface area (Å²) in [5.74, 6) is -1.52. The Morgan fingerprint density at radius 1 is 1.33 bits per heavy atom. The van der Waals surface area contributed by atoms with Crippen molar-refractivity contribution < 1.29 is 18.0 Å². The zero-order valence-corrected chi connectivity index (χ0v) is 11.3. The molecule has 0 unspecified atom stereocenters. The second-order valence-electron chi connectivity index (χ2n) is 3.79. The van der Waals surface area contributed by atoms with Crippen molar-refractivity contribution in [2.24, 2.45) is 0 Å². The van der Waals surface area contributed by atoms with Crippen molar-refractivity contribution in [1.82, 2.24) is 5.16 Å². The molecule has 0 fully saturated rings. The van der Waals surface area contributed by atoms with Crippen molar-refractivity contribution in [3.63, 3.8) is 0 Å². The van der Waals surface area contributed by atoms with Gasteiger partial charge in [-0.3, -0.25) is 0 Å². The highest BCUT2D eigenvalue weighted by atomic mass is 79.9.